The van der Waals surface area contributed by atoms with E-state index in [0.29, 0.717) is 6.61 Å². The van der Waals surface area contributed by atoms with Crippen molar-refractivity contribution in [2.75, 3.05) is 25.1 Å². The van der Waals surface area contributed by atoms with Crippen LogP contribution in [0.1, 0.15) is 11.1 Å². The molecule has 3 nitrogen and oxygen atoms in total. The fourth-order valence-electron chi connectivity index (χ4n) is 2.73. The van der Waals surface area contributed by atoms with Gasteiger partial charge >= 0.3 is 0 Å². The predicted octanol–water partition coefficient (Wildman–Crippen LogP) is 3.57. The van der Waals surface area contributed by atoms with Gasteiger partial charge in [0.2, 0.25) is 0 Å². The van der Waals surface area contributed by atoms with Crippen LogP contribution in [0.4, 0.5) is 5.69 Å². The smallest absolute Gasteiger partial charge is 0.124 e. The van der Waals surface area contributed by atoms with Gasteiger partial charge in [0, 0.05) is 28.8 Å². The molecule has 3 rings (SSSR count). The Kier molecular flexibility index (Phi) is 4.46. The molecule has 1 aliphatic heterocycles. The largest absolute Gasteiger partial charge is 0.491 e. The molecule has 1 heterocycles. The topological polar surface area (TPSA) is 24.5 Å². The normalized spacial score (nSPS) is 14.3. The van der Waals surface area contributed by atoms with Gasteiger partial charge in [-0.3, -0.25) is 0 Å². The number of nitrogens with one attached hydrogen (secondary N) is 1. The first-order valence-electron chi connectivity index (χ1n) is 7.16. The molecular weight excluding hydrogens is 328 g/mol. The maximum Gasteiger partial charge on any atom is 0.124 e. The number of benzene rings is 2. The minimum atomic E-state index is 0.714. The molecule has 0 aliphatic carbocycles. The summed E-state index contributed by atoms with van der Waals surface area (Å²) in [5.41, 5.74) is 3.81. The molecule has 0 radical (unpaired) electrons. The van der Waals surface area contributed by atoms with Crippen LogP contribution in [0.2, 0.25) is 0 Å². The van der Waals surface area contributed by atoms with Crippen LogP contribution in [0, 0.1) is 0 Å². The van der Waals surface area contributed by atoms with Crippen LogP contribution in [-0.4, -0.2) is 20.2 Å². The van der Waals surface area contributed by atoms with Crippen molar-refractivity contribution in [3.8, 4) is 5.75 Å². The standard InChI is InChI=1S/C17H19BrN2O/c1-19-11-14-10-15(18)6-7-16(14)20-8-9-21-17-5-3-2-4-13(17)12-20/h2-7,10,19H,8-9,11-12H2,1H3. The Bertz CT molecular complexity index is 630. The molecule has 1 N–H and O–H groups in total. The summed E-state index contributed by atoms with van der Waals surface area (Å²) >= 11 is 3.56. The highest BCUT2D eigenvalue weighted by Crippen LogP contribution is 2.29. The van der Waals surface area contributed by atoms with E-state index in [4.69, 9.17) is 4.74 Å². The van der Waals surface area contributed by atoms with Crippen LogP contribution in [0.5, 0.6) is 5.75 Å². The third kappa shape index (κ3) is 3.22. The SMILES string of the molecule is CNCc1cc(Br)ccc1N1CCOc2ccccc2C1. The molecule has 0 spiro atoms. The third-order valence-corrected chi connectivity index (χ3v) is 4.20. The molecule has 0 saturated carbocycles. The summed E-state index contributed by atoms with van der Waals surface area (Å²) in [5, 5.41) is 3.25. The van der Waals surface area contributed by atoms with E-state index in [1.807, 2.05) is 13.1 Å². The molecule has 4 heteroatoms. The zero-order valence-electron chi connectivity index (χ0n) is 12.1. The third-order valence-electron chi connectivity index (χ3n) is 3.70. The Morgan fingerprint density at radius 1 is 1.24 bits per heavy atom. The molecule has 110 valence electrons. The van der Waals surface area contributed by atoms with Gasteiger partial charge < -0.3 is 15.0 Å². The lowest BCUT2D eigenvalue weighted by Crippen LogP contribution is -2.27. The van der Waals surface area contributed by atoms with Gasteiger partial charge in [-0.25, -0.2) is 0 Å². The lowest BCUT2D eigenvalue weighted by molar-refractivity contribution is 0.331. The molecule has 21 heavy (non-hydrogen) atoms. The fourth-order valence-corrected chi connectivity index (χ4v) is 3.13. The van der Waals surface area contributed by atoms with E-state index in [1.54, 1.807) is 0 Å². The summed E-state index contributed by atoms with van der Waals surface area (Å²) in [4.78, 5) is 2.39. The molecule has 0 atom stereocenters. The minimum absolute atomic E-state index is 0.714. The molecular formula is C17H19BrN2O. The molecule has 2 aromatic carbocycles. The number of rotatable bonds is 3. The number of ether oxygens (including phenoxy) is 1. The first-order valence-corrected chi connectivity index (χ1v) is 7.96. The monoisotopic (exact) mass is 346 g/mol. The van der Waals surface area contributed by atoms with Crippen molar-refractivity contribution in [1.29, 1.82) is 0 Å². The molecule has 0 unspecified atom stereocenters. The zero-order chi connectivity index (χ0) is 14.7. The van der Waals surface area contributed by atoms with Crippen LogP contribution < -0.4 is 15.0 Å². The van der Waals surface area contributed by atoms with E-state index in [0.717, 1.165) is 29.9 Å². The van der Waals surface area contributed by atoms with E-state index >= 15 is 0 Å². The summed E-state index contributed by atoms with van der Waals surface area (Å²) in [7, 11) is 1.98. The van der Waals surface area contributed by atoms with Crippen LogP contribution in [-0.2, 0) is 13.1 Å². The average Bonchev–Trinajstić information content (AvgIpc) is 2.70. The van der Waals surface area contributed by atoms with E-state index in [9.17, 15) is 0 Å². The number of halogens is 1. The molecule has 2 aromatic rings. The zero-order valence-corrected chi connectivity index (χ0v) is 13.7. The van der Waals surface area contributed by atoms with Gasteiger partial charge in [-0.05, 0) is 36.9 Å². The second kappa shape index (κ2) is 6.50. The first-order chi connectivity index (χ1) is 10.3. The number of nitrogens with zero attached hydrogens (tertiary/aromatic N) is 1. The highest BCUT2D eigenvalue weighted by molar-refractivity contribution is 9.10. The Hall–Kier alpha value is -1.52. The Morgan fingerprint density at radius 2 is 2.10 bits per heavy atom. The van der Waals surface area contributed by atoms with Crippen LogP contribution >= 0.6 is 15.9 Å². The van der Waals surface area contributed by atoms with Crippen LogP contribution in [0.15, 0.2) is 46.9 Å². The van der Waals surface area contributed by atoms with Crippen molar-refractivity contribution < 1.29 is 4.74 Å². The minimum Gasteiger partial charge on any atom is -0.491 e. The summed E-state index contributed by atoms with van der Waals surface area (Å²) in [5.74, 6) is 1.01. The molecule has 0 saturated heterocycles. The van der Waals surface area contributed by atoms with Crippen molar-refractivity contribution in [1.82, 2.24) is 5.32 Å². The maximum absolute atomic E-state index is 5.86. The van der Waals surface area contributed by atoms with Gasteiger partial charge in [-0.1, -0.05) is 34.1 Å². The number of para-hydroxylation sites is 1. The Balaban J connectivity index is 1.94. The quantitative estimate of drug-likeness (QED) is 0.919. The van der Waals surface area contributed by atoms with E-state index in [1.165, 1.54) is 16.8 Å². The van der Waals surface area contributed by atoms with Gasteiger partial charge in [0.05, 0.1) is 6.54 Å². The van der Waals surface area contributed by atoms with Gasteiger partial charge in [-0.15, -0.1) is 0 Å². The van der Waals surface area contributed by atoms with Crippen LogP contribution in [0.25, 0.3) is 0 Å². The fraction of sp³-hybridized carbons (Fsp3) is 0.294. The van der Waals surface area contributed by atoms with Gasteiger partial charge in [-0.2, -0.15) is 0 Å². The van der Waals surface area contributed by atoms with Gasteiger partial charge in [0.15, 0.2) is 0 Å². The number of hydrogen-bond acceptors (Lipinski definition) is 3. The highest BCUT2D eigenvalue weighted by atomic mass is 79.9. The maximum atomic E-state index is 5.86. The predicted molar refractivity (Wildman–Crippen MR) is 89.9 cm³/mol. The number of fused-ring (bicyclic) bond motifs is 1. The van der Waals surface area contributed by atoms with Crippen molar-refractivity contribution >= 4 is 21.6 Å². The molecule has 0 amide bonds. The molecule has 0 fully saturated rings. The lowest BCUT2D eigenvalue weighted by atomic mass is 10.1. The Labute approximate surface area is 134 Å². The van der Waals surface area contributed by atoms with Gasteiger partial charge in [0.1, 0.15) is 12.4 Å². The second-order valence-electron chi connectivity index (χ2n) is 5.18. The van der Waals surface area contributed by atoms with E-state index in [-0.39, 0.29) is 0 Å². The lowest BCUT2D eigenvalue weighted by Gasteiger charge is -2.25. The van der Waals surface area contributed by atoms with E-state index < -0.39 is 0 Å². The summed E-state index contributed by atoms with van der Waals surface area (Å²) in [6, 6.07) is 14.8. The number of anilines is 1. The second-order valence-corrected chi connectivity index (χ2v) is 6.10. The van der Waals surface area contributed by atoms with Crippen molar-refractivity contribution in [2.45, 2.75) is 13.1 Å². The van der Waals surface area contributed by atoms with Crippen molar-refractivity contribution in [3.63, 3.8) is 0 Å². The highest BCUT2D eigenvalue weighted by Gasteiger charge is 2.17. The Morgan fingerprint density at radius 3 is 2.95 bits per heavy atom. The summed E-state index contributed by atoms with van der Waals surface area (Å²) in [6.07, 6.45) is 0. The first kappa shape index (κ1) is 14.4. The van der Waals surface area contributed by atoms with E-state index in [2.05, 4.69) is 62.5 Å². The molecule has 0 bridgehead atoms. The van der Waals surface area contributed by atoms with Crippen molar-refractivity contribution in [2.24, 2.45) is 0 Å². The van der Waals surface area contributed by atoms with Crippen LogP contribution in [0.3, 0.4) is 0 Å². The van der Waals surface area contributed by atoms with Crippen molar-refractivity contribution in [3.05, 3.63) is 58.1 Å². The molecule has 1 aliphatic rings. The average molecular weight is 347 g/mol. The summed E-state index contributed by atoms with van der Waals surface area (Å²) in [6.45, 7) is 3.35. The summed E-state index contributed by atoms with van der Waals surface area (Å²) < 4.78 is 6.97. The molecule has 0 aromatic heterocycles. The number of hydrogen-bond donors (Lipinski definition) is 1. The van der Waals surface area contributed by atoms with Gasteiger partial charge in [0.25, 0.3) is 0 Å².